The number of hydrogen-bond acceptors (Lipinski definition) is 5. The summed E-state index contributed by atoms with van der Waals surface area (Å²) in [6, 6.07) is 15.6. The third-order valence-electron chi connectivity index (χ3n) is 4.85. The SMILES string of the molecule is Cc1ccc(Cc2nsc(N3CCN(C(=O)c4cccc(Cl)c4)CC3)n2)cc1. The maximum atomic E-state index is 12.6. The predicted molar refractivity (Wildman–Crippen MR) is 113 cm³/mol. The van der Waals surface area contributed by atoms with Gasteiger partial charge < -0.3 is 9.80 Å². The highest BCUT2D eigenvalue weighted by molar-refractivity contribution is 7.09. The first-order valence-corrected chi connectivity index (χ1v) is 10.4. The van der Waals surface area contributed by atoms with Crippen LogP contribution in [0.4, 0.5) is 5.13 Å². The third kappa shape index (κ3) is 4.34. The van der Waals surface area contributed by atoms with Crippen molar-refractivity contribution >= 4 is 34.2 Å². The van der Waals surface area contributed by atoms with Gasteiger partial charge in [-0.15, -0.1) is 0 Å². The lowest BCUT2D eigenvalue weighted by molar-refractivity contribution is 0.0747. The summed E-state index contributed by atoms with van der Waals surface area (Å²) in [5, 5.41) is 1.51. The van der Waals surface area contributed by atoms with Crippen molar-refractivity contribution in [3.05, 3.63) is 76.1 Å². The number of halogens is 1. The maximum absolute atomic E-state index is 12.6. The molecule has 0 unspecified atom stereocenters. The molecule has 1 saturated heterocycles. The van der Waals surface area contributed by atoms with Crippen molar-refractivity contribution in [3.8, 4) is 0 Å². The van der Waals surface area contributed by atoms with Crippen molar-refractivity contribution in [1.82, 2.24) is 14.3 Å². The number of rotatable bonds is 4. The van der Waals surface area contributed by atoms with Crippen molar-refractivity contribution in [2.45, 2.75) is 13.3 Å². The average Bonchev–Trinajstić information content (AvgIpc) is 3.18. The Bertz CT molecular complexity index is 965. The number of carbonyl (C=O) groups is 1. The van der Waals surface area contributed by atoms with Gasteiger partial charge in [0.15, 0.2) is 0 Å². The van der Waals surface area contributed by atoms with Crippen LogP contribution in [0.15, 0.2) is 48.5 Å². The molecule has 4 rings (SSSR count). The lowest BCUT2D eigenvalue weighted by Gasteiger charge is -2.34. The van der Waals surface area contributed by atoms with Crippen molar-refractivity contribution in [1.29, 1.82) is 0 Å². The molecule has 5 nitrogen and oxygen atoms in total. The summed E-state index contributed by atoms with van der Waals surface area (Å²) in [7, 11) is 0. The van der Waals surface area contributed by atoms with Gasteiger partial charge in [0.2, 0.25) is 5.13 Å². The Morgan fingerprint density at radius 1 is 1.11 bits per heavy atom. The minimum Gasteiger partial charge on any atom is -0.343 e. The Balaban J connectivity index is 1.35. The second-order valence-corrected chi connectivity index (χ2v) is 8.11. The van der Waals surface area contributed by atoms with Crippen LogP contribution in [-0.4, -0.2) is 46.3 Å². The third-order valence-corrected chi connectivity index (χ3v) is 5.90. The lowest BCUT2D eigenvalue weighted by Crippen LogP contribution is -2.48. The molecule has 1 aromatic heterocycles. The molecule has 1 aliphatic heterocycles. The van der Waals surface area contributed by atoms with Gasteiger partial charge >= 0.3 is 0 Å². The van der Waals surface area contributed by atoms with E-state index in [-0.39, 0.29) is 5.91 Å². The number of anilines is 1. The van der Waals surface area contributed by atoms with Crippen molar-refractivity contribution in [2.24, 2.45) is 0 Å². The Morgan fingerprint density at radius 2 is 1.86 bits per heavy atom. The van der Waals surface area contributed by atoms with Crippen LogP contribution in [0.5, 0.6) is 0 Å². The first-order chi connectivity index (χ1) is 13.6. The quantitative estimate of drug-likeness (QED) is 0.648. The number of nitrogens with zero attached hydrogens (tertiary/aromatic N) is 4. The summed E-state index contributed by atoms with van der Waals surface area (Å²) in [4.78, 5) is 21.4. The Labute approximate surface area is 173 Å². The minimum absolute atomic E-state index is 0.0273. The molecule has 144 valence electrons. The van der Waals surface area contributed by atoms with Gasteiger partial charge in [-0.25, -0.2) is 4.98 Å². The van der Waals surface area contributed by atoms with Crippen LogP contribution in [0.3, 0.4) is 0 Å². The molecule has 1 amide bonds. The molecule has 0 N–H and O–H groups in total. The molecule has 0 radical (unpaired) electrons. The molecule has 0 spiro atoms. The fourth-order valence-electron chi connectivity index (χ4n) is 3.24. The Hall–Kier alpha value is -2.44. The van der Waals surface area contributed by atoms with Crippen LogP contribution in [-0.2, 0) is 6.42 Å². The zero-order valence-electron chi connectivity index (χ0n) is 15.6. The van der Waals surface area contributed by atoms with Gasteiger partial charge in [-0.05, 0) is 30.7 Å². The van der Waals surface area contributed by atoms with E-state index in [2.05, 4.69) is 40.5 Å². The normalized spacial score (nSPS) is 14.4. The van der Waals surface area contributed by atoms with E-state index >= 15 is 0 Å². The molecule has 0 aliphatic carbocycles. The first-order valence-electron chi connectivity index (χ1n) is 9.26. The number of amides is 1. The standard InChI is InChI=1S/C21H21ClN4OS/c1-15-5-7-16(8-6-15)13-19-23-21(28-24-19)26-11-9-25(10-12-26)20(27)17-3-2-4-18(22)14-17/h2-8,14H,9-13H2,1H3. The van der Waals surface area contributed by atoms with Crippen LogP contribution < -0.4 is 4.90 Å². The van der Waals surface area contributed by atoms with Crippen molar-refractivity contribution in [2.75, 3.05) is 31.1 Å². The summed E-state index contributed by atoms with van der Waals surface area (Å²) >= 11 is 7.44. The van der Waals surface area contributed by atoms with E-state index < -0.39 is 0 Å². The number of aromatic nitrogens is 2. The fraction of sp³-hybridized carbons (Fsp3) is 0.286. The summed E-state index contributed by atoms with van der Waals surface area (Å²) in [6.07, 6.45) is 0.740. The second-order valence-electron chi connectivity index (χ2n) is 6.95. The average molecular weight is 413 g/mol. The molecule has 2 heterocycles. The van der Waals surface area contributed by atoms with Gasteiger partial charge in [0, 0.05) is 54.7 Å². The molecule has 2 aromatic carbocycles. The summed E-state index contributed by atoms with van der Waals surface area (Å²) < 4.78 is 4.51. The van der Waals surface area contributed by atoms with E-state index in [0.717, 1.165) is 30.5 Å². The topological polar surface area (TPSA) is 49.3 Å². The Kier molecular flexibility index (Phi) is 5.59. The fourth-order valence-corrected chi connectivity index (χ4v) is 4.17. The molecule has 0 bridgehead atoms. The first kappa shape index (κ1) is 18.9. The number of benzene rings is 2. The van der Waals surface area contributed by atoms with E-state index in [1.165, 1.54) is 22.7 Å². The molecule has 1 aliphatic rings. The van der Waals surface area contributed by atoms with E-state index in [9.17, 15) is 4.79 Å². The molecule has 3 aromatic rings. The van der Waals surface area contributed by atoms with Gasteiger partial charge in [-0.1, -0.05) is 47.5 Å². The summed E-state index contributed by atoms with van der Waals surface area (Å²) in [5.74, 6) is 0.876. The van der Waals surface area contributed by atoms with Crippen molar-refractivity contribution < 1.29 is 4.79 Å². The van der Waals surface area contributed by atoms with Gasteiger partial charge in [-0.3, -0.25) is 4.79 Å². The summed E-state index contributed by atoms with van der Waals surface area (Å²) in [5.41, 5.74) is 3.10. The molecule has 1 fully saturated rings. The van der Waals surface area contributed by atoms with Gasteiger partial charge in [-0.2, -0.15) is 4.37 Å². The molecular formula is C21H21ClN4OS. The monoisotopic (exact) mass is 412 g/mol. The number of aryl methyl sites for hydroxylation is 1. The summed E-state index contributed by atoms with van der Waals surface area (Å²) in [6.45, 7) is 4.92. The largest absolute Gasteiger partial charge is 0.343 e. The molecule has 0 saturated carbocycles. The van der Waals surface area contributed by atoms with Crippen LogP contribution >= 0.6 is 23.1 Å². The van der Waals surface area contributed by atoms with Crippen LogP contribution in [0.2, 0.25) is 5.02 Å². The minimum atomic E-state index is 0.0273. The Morgan fingerprint density at radius 3 is 2.57 bits per heavy atom. The van der Waals surface area contributed by atoms with Gasteiger partial charge in [0.1, 0.15) is 5.82 Å². The highest BCUT2D eigenvalue weighted by Gasteiger charge is 2.24. The highest BCUT2D eigenvalue weighted by atomic mass is 35.5. The van der Waals surface area contributed by atoms with Gasteiger partial charge in [0.05, 0.1) is 0 Å². The van der Waals surface area contributed by atoms with E-state index in [4.69, 9.17) is 16.6 Å². The smallest absolute Gasteiger partial charge is 0.254 e. The van der Waals surface area contributed by atoms with E-state index in [0.29, 0.717) is 23.7 Å². The van der Waals surface area contributed by atoms with Crippen LogP contribution in [0, 0.1) is 6.92 Å². The zero-order valence-corrected chi connectivity index (χ0v) is 17.2. The second kappa shape index (κ2) is 8.29. The number of piperazine rings is 1. The number of carbonyl (C=O) groups excluding carboxylic acids is 1. The molecular weight excluding hydrogens is 392 g/mol. The molecule has 28 heavy (non-hydrogen) atoms. The maximum Gasteiger partial charge on any atom is 0.254 e. The predicted octanol–water partition coefficient (Wildman–Crippen LogP) is 4.05. The van der Waals surface area contributed by atoms with Gasteiger partial charge in [0.25, 0.3) is 5.91 Å². The zero-order chi connectivity index (χ0) is 19.5. The van der Waals surface area contributed by atoms with Crippen LogP contribution in [0.25, 0.3) is 0 Å². The van der Waals surface area contributed by atoms with E-state index in [1.54, 1.807) is 12.1 Å². The molecule has 7 heteroatoms. The van der Waals surface area contributed by atoms with Crippen molar-refractivity contribution in [3.63, 3.8) is 0 Å². The lowest BCUT2D eigenvalue weighted by atomic mass is 10.1. The molecule has 0 atom stereocenters. The van der Waals surface area contributed by atoms with E-state index in [1.807, 2.05) is 17.0 Å². The van der Waals surface area contributed by atoms with Crippen LogP contribution in [0.1, 0.15) is 27.3 Å². The number of hydrogen-bond donors (Lipinski definition) is 0. The highest BCUT2D eigenvalue weighted by Crippen LogP contribution is 2.21.